The summed E-state index contributed by atoms with van der Waals surface area (Å²) in [6.07, 6.45) is 6.50. The molecule has 1 aliphatic heterocycles. The van der Waals surface area contributed by atoms with E-state index in [0.29, 0.717) is 10.8 Å². The van der Waals surface area contributed by atoms with Crippen LogP contribution in [0.5, 0.6) is 0 Å². The topological polar surface area (TPSA) is 29.3 Å². The molecule has 94 valence electrons. The first-order valence-corrected chi connectivity index (χ1v) is 7.69. The summed E-state index contributed by atoms with van der Waals surface area (Å²) in [7, 11) is 0. The molecular weight excluding hydrogens is 216 g/mol. The summed E-state index contributed by atoms with van der Waals surface area (Å²) in [4.78, 5) is 2.71. The predicted octanol–water partition coefficient (Wildman–Crippen LogP) is 2.47. The van der Waals surface area contributed by atoms with Crippen molar-refractivity contribution in [1.82, 2.24) is 4.90 Å². The second-order valence-corrected chi connectivity index (χ2v) is 7.78. The van der Waals surface area contributed by atoms with E-state index in [2.05, 4.69) is 30.5 Å². The molecule has 1 saturated carbocycles. The van der Waals surface area contributed by atoms with E-state index < -0.39 is 0 Å². The lowest BCUT2D eigenvalue weighted by Gasteiger charge is -2.36. The van der Waals surface area contributed by atoms with Crippen molar-refractivity contribution in [2.45, 2.75) is 62.8 Å². The molecule has 1 aliphatic carbocycles. The van der Waals surface area contributed by atoms with Crippen LogP contribution in [0.2, 0.25) is 0 Å². The summed E-state index contributed by atoms with van der Waals surface area (Å²) in [5.74, 6) is 1.29. The summed E-state index contributed by atoms with van der Waals surface area (Å²) in [5, 5.41) is 0. The first kappa shape index (κ1) is 12.7. The number of rotatable bonds is 1. The van der Waals surface area contributed by atoms with Crippen LogP contribution in [0.15, 0.2) is 0 Å². The molecule has 2 atom stereocenters. The zero-order valence-corrected chi connectivity index (χ0v) is 11.6. The number of hydrogen-bond donors (Lipinski definition) is 1. The molecule has 2 aliphatic rings. The second-order valence-electron chi connectivity index (χ2n) is 5.97. The number of thioether (sulfide) groups is 1. The van der Waals surface area contributed by atoms with Crippen LogP contribution in [0.3, 0.4) is 0 Å². The van der Waals surface area contributed by atoms with Crippen LogP contribution in [0.1, 0.15) is 46.0 Å². The van der Waals surface area contributed by atoms with Gasteiger partial charge in [0.25, 0.3) is 0 Å². The largest absolute Gasteiger partial charge is 0.328 e. The molecule has 1 heterocycles. The van der Waals surface area contributed by atoms with Crippen molar-refractivity contribution in [1.29, 1.82) is 0 Å². The molecule has 2 nitrogen and oxygen atoms in total. The zero-order valence-electron chi connectivity index (χ0n) is 10.7. The van der Waals surface area contributed by atoms with Crippen molar-refractivity contribution in [3.8, 4) is 0 Å². The van der Waals surface area contributed by atoms with E-state index in [9.17, 15) is 0 Å². The Morgan fingerprint density at radius 2 is 2.06 bits per heavy atom. The minimum Gasteiger partial charge on any atom is -0.328 e. The predicted molar refractivity (Wildman–Crippen MR) is 73.0 cm³/mol. The minimum atomic E-state index is 0.461. The SMILES string of the molecule is CC1(C)CCN(C2CCCC(N)C2)CCS1. The normalized spacial score (nSPS) is 36.9. The molecule has 0 aromatic rings. The highest BCUT2D eigenvalue weighted by molar-refractivity contribution is 8.00. The maximum Gasteiger partial charge on any atom is 0.0116 e. The fourth-order valence-electron chi connectivity index (χ4n) is 2.93. The van der Waals surface area contributed by atoms with E-state index in [1.807, 2.05) is 0 Å². The number of nitrogens with zero attached hydrogens (tertiary/aromatic N) is 1. The molecule has 3 heteroatoms. The molecule has 1 saturated heterocycles. The molecule has 2 unspecified atom stereocenters. The highest BCUT2D eigenvalue weighted by Gasteiger charge is 2.29. The van der Waals surface area contributed by atoms with Gasteiger partial charge >= 0.3 is 0 Å². The quantitative estimate of drug-likeness (QED) is 0.766. The average molecular weight is 242 g/mol. The van der Waals surface area contributed by atoms with Crippen molar-refractivity contribution < 1.29 is 0 Å². The highest BCUT2D eigenvalue weighted by Crippen LogP contribution is 2.33. The third-order valence-corrected chi connectivity index (χ3v) is 5.45. The van der Waals surface area contributed by atoms with Gasteiger partial charge in [-0.05, 0) is 32.2 Å². The molecule has 0 aromatic carbocycles. The first-order valence-electron chi connectivity index (χ1n) is 6.70. The monoisotopic (exact) mass is 242 g/mol. The molecule has 0 bridgehead atoms. The van der Waals surface area contributed by atoms with Crippen LogP contribution < -0.4 is 5.73 Å². The Hall–Kier alpha value is 0.270. The van der Waals surface area contributed by atoms with E-state index in [4.69, 9.17) is 5.73 Å². The molecule has 0 amide bonds. The van der Waals surface area contributed by atoms with Crippen molar-refractivity contribution >= 4 is 11.8 Å². The van der Waals surface area contributed by atoms with E-state index in [1.165, 1.54) is 50.9 Å². The van der Waals surface area contributed by atoms with Gasteiger partial charge in [-0.2, -0.15) is 11.8 Å². The van der Waals surface area contributed by atoms with Gasteiger partial charge in [0.05, 0.1) is 0 Å². The van der Waals surface area contributed by atoms with Gasteiger partial charge in [0, 0.05) is 29.1 Å². The van der Waals surface area contributed by atoms with E-state index in [-0.39, 0.29) is 0 Å². The fraction of sp³-hybridized carbons (Fsp3) is 1.00. The van der Waals surface area contributed by atoms with Crippen LogP contribution in [-0.4, -0.2) is 40.6 Å². The van der Waals surface area contributed by atoms with Crippen molar-refractivity contribution in [2.24, 2.45) is 5.73 Å². The molecule has 2 fully saturated rings. The lowest BCUT2D eigenvalue weighted by molar-refractivity contribution is 0.154. The Kier molecular flexibility index (Phi) is 4.20. The van der Waals surface area contributed by atoms with Crippen LogP contribution in [-0.2, 0) is 0 Å². The van der Waals surface area contributed by atoms with Gasteiger partial charge in [0.2, 0.25) is 0 Å². The first-order chi connectivity index (χ1) is 7.57. The number of nitrogens with two attached hydrogens (primary N) is 1. The van der Waals surface area contributed by atoms with Gasteiger partial charge in [-0.15, -0.1) is 0 Å². The molecule has 0 aromatic heterocycles. The Balaban J connectivity index is 1.89. The molecule has 2 rings (SSSR count). The summed E-state index contributed by atoms with van der Waals surface area (Å²) in [5.41, 5.74) is 6.09. The van der Waals surface area contributed by atoms with Gasteiger partial charge in [-0.3, -0.25) is 4.90 Å². The summed E-state index contributed by atoms with van der Waals surface area (Å²) in [6, 6.07) is 1.24. The summed E-state index contributed by atoms with van der Waals surface area (Å²) in [6.45, 7) is 7.31. The van der Waals surface area contributed by atoms with Gasteiger partial charge in [-0.25, -0.2) is 0 Å². The Bertz CT molecular complexity index is 230. The van der Waals surface area contributed by atoms with Crippen LogP contribution in [0.4, 0.5) is 0 Å². The third kappa shape index (κ3) is 3.38. The standard InChI is InChI=1S/C13H26N2S/c1-13(2)6-7-15(8-9-16-13)12-5-3-4-11(14)10-12/h11-12H,3-10,14H2,1-2H3. The van der Waals surface area contributed by atoms with E-state index >= 15 is 0 Å². The highest BCUT2D eigenvalue weighted by atomic mass is 32.2. The smallest absolute Gasteiger partial charge is 0.0116 e. The van der Waals surface area contributed by atoms with Gasteiger partial charge in [0.1, 0.15) is 0 Å². The summed E-state index contributed by atoms with van der Waals surface area (Å²) < 4.78 is 0.478. The Labute approximate surface area is 104 Å². The molecular formula is C13H26N2S. The Morgan fingerprint density at radius 3 is 2.81 bits per heavy atom. The van der Waals surface area contributed by atoms with E-state index in [1.54, 1.807) is 0 Å². The van der Waals surface area contributed by atoms with Gasteiger partial charge < -0.3 is 5.73 Å². The van der Waals surface area contributed by atoms with Crippen LogP contribution >= 0.6 is 11.8 Å². The molecule has 0 spiro atoms. The maximum atomic E-state index is 6.09. The summed E-state index contributed by atoms with van der Waals surface area (Å²) >= 11 is 2.14. The molecule has 0 radical (unpaired) electrons. The lowest BCUT2D eigenvalue weighted by Crippen LogP contribution is -2.43. The van der Waals surface area contributed by atoms with Crippen LogP contribution in [0, 0.1) is 0 Å². The maximum absolute atomic E-state index is 6.09. The lowest BCUT2D eigenvalue weighted by atomic mass is 9.90. The number of hydrogen-bond acceptors (Lipinski definition) is 3. The van der Waals surface area contributed by atoms with Crippen molar-refractivity contribution in [3.63, 3.8) is 0 Å². The fourth-order valence-corrected chi connectivity index (χ4v) is 4.05. The van der Waals surface area contributed by atoms with Gasteiger partial charge in [-0.1, -0.05) is 20.3 Å². The average Bonchev–Trinajstić information content (AvgIpc) is 2.39. The van der Waals surface area contributed by atoms with Gasteiger partial charge in [0.15, 0.2) is 0 Å². The zero-order chi connectivity index (χ0) is 11.6. The molecule has 2 N–H and O–H groups in total. The second kappa shape index (κ2) is 5.28. The third-order valence-electron chi connectivity index (χ3n) is 4.08. The Morgan fingerprint density at radius 1 is 1.25 bits per heavy atom. The van der Waals surface area contributed by atoms with E-state index in [0.717, 1.165) is 6.04 Å². The van der Waals surface area contributed by atoms with Crippen molar-refractivity contribution in [2.75, 3.05) is 18.8 Å². The minimum absolute atomic E-state index is 0.461. The molecule has 16 heavy (non-hydrogen) atoms. The van der Waals surface area contributed by atoms with Crippen molar-refractivity contribution in [3.05, 3.63) is 0 Å². The van der Waals surface area contributed by atoms with Crippen LogP contribution in [0.25, 0.3) is 0 Å².